The summed E-state index contributed by atoms with van der Waals surface area (Å²) in [7, 11) is 0. The third-order valence-electron chi connectivity index (χ3n) is 3.45. The van der Waals surface area contributed by atoms with E-state index in [1.165, 1.54) is 29.5 Å². The Kier molecular flexibility index (Phi) is 2.93. The monoisotopic (exact) mass is 223 g/mol. The summed E-state index contributed by atoms with van der Waals surface area (Å²) in [6, 6.07) is 8.99. The molecule has 1 nitrogen and oxygen atoms in total. The Bertz CT molecular complexity index is 494. The van der Waals surface area contributed by atoms with Gasteiger partial charge < -0.3 is 5.32 Å². The lowest BCUT2D eigenvalue weighted by molar-refractivity contribution is 0.652. The van der Waals surface area contributed by atoms with Crippen LogP contribution in [0.15, 0.2) is 54.1 Å². The predicted molar refractivity (Wildman–Crippen MR) is 72.7 cm³/mol. The zero-order valence-electron chi connectivity index (χ0n) is 9.89. The normalized spacial score (nSPS) is 21.4. The number of rotatable bonds is 3. The summed E-state index contributed by atoms with van der Waals surface area (Å²) in [5, 5.41) is 3.62. The van der Waals surface area contributed by atoms with Crippen molar-refractivity contribution in [3.63, 3.8) is 0 Å². The minimum Gasteiger partial charge on any atom is -0.303 e. The molecule has 0 fully saturated rings. The Morgan fingerprint density at radius 3 is 3.06 bits per heavy atom. The molecule has 0 amide bonds. The van der Waals surface area contributed by atoms with Gasteiger partial charge in [-0.15, -0.1) is 0 Å². The van der Waals surface area contributed by atoms with Crippen molar-refractivity contribution in [2.24, 2.45) is 0 Å². The van der Waals surface area contributed by atoms with Crippen molar-refractivity contribution in [2.75, 3.05) is 6.54 Å². The van der Waals surface area contributed by atoms with Gasteiger partial charge in [-0.25, -0.2) is 0 Å². The molecule has 3 rings (SSSR count). The lowest BCUT2D eigenvalue weighted by Gasteiger charge is -2.16. The van der Waals surface area contributed by atoms with Crippen molar-refractivity contribution in [2.45, 2.75) is 18.9 Å². The molecule has 1 unspecified atom stereocenters. The molecule has 1 aromatic carbocycles. The fraction of sp³-hybridized carbons (Fsp3) is 0.250. The molecule has 1 N–H and O–H groups in total. The molecule has 0 aliphatic heterocycles. The van der Waals surface area contributed by atoms with E-state index >= 15 is 0 Å². The molecule has 1 aromatic rings. The van der Waals surface area contributed by atoms with Gasteiger partial charge in [0.1, 0.15) is 0 Å². The first-order valence-electron chi connectivity index (χ1n) is 6.28. The first-order valence-corrected chi connectivity index (χ1v) is 6.28. The molecule has 0 radical (unpaired) electrons. The van der Waals surface area contributed by atoms with E-state index < -0.39 is 0 Å². The first-order chi connectivity index (χ1) is 8.43. The lowest BCUT2D eigenvalue weighted by atomic mass is 10.0. The van der Waals surface area contributed by atoms with E-state index in [0.717, 1.165) is 6.54 Å². The fourth-order valence-corrected chi connectivity index (χ4v) is 2.47. The molecule has 0 aromatic heterocycles. The molecule has 86 valence electrons. The summed E-state index contributed by atoms with van der Waals surface area (Å²) in [6.07, 6.45) is 13.5. The number of benzene rings is 1. The van der Waals surface area contributed by atoms with E-state index in [9.17, 15) is 0 Å². The highest BCUT2D eigenvalue weighted by Gasteiger charge is 2.15. The summed E-state index contributed by atoms with van der Waals surface area (Å²) < 4.78 is 0. The second kappa shape index (κ2) is 4.72. The van der Waals surface area contributed by atoms with Gasteiger partial charge in [0.05, 0.1) is 6.04 Å². The maximum Gasteiger partial charge on any atom is 0.0517 e. The molecule has 2 aliphatic carbocycles. The molecule has 0 spiro atoms. The Hall–Kier alpha value is -1.60. The van der Waals surface area contributed by atoms with Gasteiger partial charge >= 0.3 is 0 Å². The Morgan fingerprint density at radius 1 is 1.24 bits per heavy atom. The molecule has 2 aliphatic rings. The van der Waals surface area contributed by atoms with Gasteiger partial charge in [-0.2, -0.15) is 0 Å². The minimum absolute atomic E-state index is 0.387. The predicted octanol–water partition coefficient (Wildman–Crippen LogP) is 3.62. The number of allylic oxidation sites excluding steroid dienone is 3. The van der Waals surface area contributed by atoms with Gasteiger partial charge in [0.25, 0.3) is 0 Å². The minimum atomic E-state index is 0.387. The summed E-state index contributed by atoms with van der Waals surface area (Å²) in [5.41, 5.74) is 4.26. The molecule has 1 atom stereocenters. The average Bonchev–Trinajstić information content (AvgIpc) is 2.81. The van der Waals surface area contributed by atoms with Crippen molar-refractivity contribution in [1.29, 1.82) is 0 Å². The van der Waals surface area contributed by atoms with E-state index in [4.69, 9.17) is 0 Å². The highest BCUT2D eigenvalue weighted by Crippen LogP contribution is 2.27. The second-order valence-corrected chi connectivity index (χ2v) is 4.64. The maximum atomic E-state index is 3.62. The van der Waals surface area contributed by atoms with Crippen molar-refractivity contribution >= 4 is 6.08 Å². The van der Waals surface area contributed by atoms with Crippen LogP contribution in [-0.4, -0.2) is 6.54 Å². The molecule has 0 saturated carbocycles. The lowest BCUT2D eigenvalue weighted by Crippen LogP contribution is -2.21. The molecule has 0 bridgehead atoms. The van der Waals surface area contributed by atoms with Crippen molar-refractivity contribution < 1.29 is 0 Å². The van der Waals surface area contributed by atoms with Crippen LogP contribution in [0, 0.1) is 0 Å². The van der Waals surface area contributed by atoms with E-state index in [1.54, 1.807) is 0 Å². The molecular weight excluding hydrogens is 206 g/mol. The van der Waals surface area contributed by atoms with Crippen LogP contribution >= 0.6 is 0 Å². The quantitative estimate of drug-likeness (QED) is 0.825. The first kappa shape index (κ1) is 10.5. The molecule has 1 heteroatoms. The van der Waals surface area contributed by atoms with E-state index in [1.807, 2.05) is 0 Å². The van der Waals surface area contributed by atoms with Crippen LogP contribution in [0.25, 0.3) is 6.08 Å². The van der Waals surface area contributed by atoms with E-state index in [2.05, 4.69) is 60.0 Å². The van der Waals surface area contributed by atoms with E-state index in [0.29, 0.717) is 6.04 Å². The van der Waals surface area contributed by atoms with Crippen LogP contribution in [0.3, 0.4) is 0 Å². The summed E-state index contributed by atoms with van der Waals surface area (Å²) in [5.74, 6) is 0. The molecule has 0 saturated heterocycles. The highest BCUT2D eigenvalue weighted by atomic mass is 14.9. The van der Waals surface area contributed by atoms with Gasteiger partial charge in [0.15, 0.2) is 0 Å². The zero-order chi connectivity index (χ0) is 11.5. The number of hydrogen-bond acceptors (Lipinski definition) is 1. The maximum absolute atomic E-state index is 3.62. The van der Waals surface area contributed by atoms with Crippen molar-refractivity contribution in [1.82, 2.24) is 5.32 Å². The SMILES string of the molecule is C1=CCCC(CNC2C=Cc3ccccc32)=C1. The molecule has 17 heavy (non-hydrogen) atoms. The molecular formula is C16H17N. The van der Waals surface area contributed by atoms with E-state index in [-0.39, 0.29) is 0 Å². The number of hydrogen-bond donors (Lipinski definition) is 1. The highest BCUT2D eigenvalue weighted by molar-refractivity contribution is 5.61. The number of nitrogens with one attached hydrogen (secondary N) is 1. The van der Waals surface area contributed by atoms with Crippen molar-refractivity contribution in [3.05, 3.63) is 65.3 Å². The summed E-state index contributed by atoms with van der Waals surface area (Å²) >= 11 is 0. The van der Waals surface area contributed by atoms with Crippen LogP contribution in [0.1, 0.15) is 30.0 Å². The smallest absolute Gasteiger partial charge is 0.0517 e. The third-order valence-corrected chi connectivity index (χ3v) is 3.45. The van der Waals surface area contributed by atoms with Gasteiger partial charge in [0, 0.05) is 6.54 Å². The second-order valence-electron chi connectivity index (χ2n) is 4.64. The van der Waals surface area contributed by atoms with Crippen LogP contribution in [-0.2, 0) is 0 Å². The van der Waals surface area contributed by atoms with Crippen LogP contribution in [0.4, 0.5) is 0 Å². The zero-order valence-corrected chi connectivity index (χ0v) is 9.89. The summed E-state index contributed by atoms with van der Waals surface area (Å²) in [4.78, 5) is 0. The van der Waals surface area contributed by atoms with Gasteiger partial charge in [0.2, 0.25) is 0 Å². The van der Waals surface area contributed by atoms with Crippen LogP contribution in [0.2, 0.25) is 0 Å². The standard InChI is InChI=1S/C16H17N/c1-2-6-13(7-3-1)12-17-16-11-10-14-8-4-5-9-15(14)16/h1-2,4-6,8-11,16-17H,3,7,12H2. The van der Waals surface area contributed by atoms with Crippen molar-refractivity contribution in [3.8, 4) is 0 Å². The largest absolute Gasteiger partial charge is 0.303 e. The fourth-order valence-electron chi connectivity index (χ4n) is 2.47. The topological polar surface area (TPSA) is 12.0 Å². The third kappa shape index (κ3) is 2.25. The van der Waals surface area contributed by atoms with Gasteiger partial charge in [-0.1, -0.05) is 60.2 Å². The molecule has 0 heterocycles. The van der Waals surface area contributed by atoms with Gasteiger partial charge in [-0.05, 0) is 24.0 Å². The van der Waals surface area contributed by atoms with Gasteiger partial charge in [-0.3, -0.25) is 0 Å². The summed E-state index contributed by atoms with van der Waals surface area (Å²) in [6.45, 7) is 0.994. The van der Waals surface area contributed by atoms with Crippen LogP contribution < -0.4 is 5.32 Å². The Morgan fingerprint density at radius 2 is 2.18 bits per heavy atom. The van der Waals surface area contributed by atoms with Crippen LogP contribution in [0.5, 0.6) is 0 Å². The Labute approximate surface area is 103 Å². The average molecular weight is 223 g/mol. The number of fused-ring (bicyclic) bond motifs is 1. The Balaban J connectivity index is 1.66.